The van der Waals surface area contributed by atoms with E-state index in [-0.39, 0.29) is 0 Å². The lowest BCUT2D eigenvalue weighted by Crippen LogP contribution is -2.30. The van der Waals surface area contributed by atoms with Crippen LogP contribution in [0.25, 0.3) is 0 Å². The number of benzene rings is 2. The van der Waals surface area contributed by atoms with Crippen molar-refractivity contribution in [2.24, 2.45) is 5.73 Å². The summed E-state index contributed by atoms with van der Waals surface area (Å²) in [4.78, 5) is 10.7. The molecule has 110 valence electrons. The van der Waals surface area contributed by atoms with Gasteiger partial charge in [-0.05, 0) is 36.1 Å². The van der Waals surface area contributed by atoms with Crippen molar-refractivity contribution in [3.05, 3.63) is 65.2 Å². The van der Waals surface area contributed by atoms with Crippen LogP contribution in [0.5, 0.6) is 5.75 Å². The predicted molar refractivity (Wildman–Crippen MR) is 83.2 cm³/mol. The lowest BCUT2D eigenvalue weighted by atomic mass is 10.1. The molecule has 0 bridgehead atoms. The smallest absolute Gasteiger partial charge is 0.312 e. The van der Waals surface area contributed by atoms with Crippen molar-refractivity contribution < 1.29 is 9.53 Å². The van der Waals surface area contributed by atoms with E-state index < -0.39 is 6.03 Å². The van der Waals surface area contributed by atoms with E-state index >= 15 is 0 Å². The minimum absolute atomic E-state index is 0.498. The lowest BCUT2D eigenvalue weighted by Gasteiger charge is -2.11. The van der Waals surface area contributed by atoms with Gasteiger partial charge in [-0.25, -0.2) is 4.79 Å². The number of hydrogen-bond acceptors (Lipinski definition) is 2. The third-order valence-corrected chi connectivity index (χ3v) is 3.20. The maximum atomic E-state index is 10.7. The molecule has 2 rings (SSSR count). The third-order valence-electron chi connectivity index (χ3n) is 3.20. The van der Waals surface area contributed by atoms with Crippen LogP contribution in [-0.4, -0.2) is 12.6 Å². The van der Waals surface area contributed by atoms with Gasteiger partial charge in [0, 0.05) is 6.54 Å². The van der Waals surface area contributed by atoms with Gasteiger partial charge in [0.25, 0.3) is 0 Å². The summed E-state index contributed by atoms with van der Waals surface area (Å²) >= 11 is 0. The van der Waals surface area contributed by atoms with E-state index in [1.54, 1.807) is 0 Å². The van der Waals surface area contributed by atoms with E-state index in [9.17, 15) is 4.79 Å². The normalized spacial score (nSPS) is 10.1. The Hall–Kier alpha value is -2.49. The van der Waals surface area contributed by atoms with Gasteiger partial charge in [0.2, 0.25) is 0 Å². The molecule has 0 fully saturated rings. The molecule has 0 atom stereocenters. The average Bonchev–Trinajstić information content (AvgIpc) is 2.48. The van der Waals surface area contributed by atoms with Crippen LogP contribution in [0.2, 0.25) is 0 Å². The van der Waals surface area contributed by atoms with Crippen LogP contribution in [-0.2, 0) is 13.0 Å². The van der Waals surface area contributed by atoms with Crippen molar-refractivity contribution in [2.45, 2.75) is 20.0 Å². The lowest BCUT2D eigenvalue weighted by molar-refractivity contribution is 0.249. The highest BCUT2D eigenvalue weighted by molar-refractivity contribution is 5.71. The van der Waals surface area contributed by atoms with Crippen LogP contribution < -0.4 is 15.8 Å². The standard InChI is InChI=1S/C17H20N2O2/c1-13-7-8-14(9-10-19-17(18)20)11-16(13)21-12-15-5-3-2-4-6-15/h2-8,11H,9-10,12H2,1H3,(H3,18,19,20). The highest BCUT2D eigenvalue weighted by Crippen LogP contribution is 2.21. The quantitative estimate of drug-likeness (QED) is 0.856. The topological polar surface area (TPSA) is 64.3 Å². The van der Waals surface area contributed by atoms with Crippen molar-refractivity contribution in [2.75, 3.05) is 6.54 Å². The number of carbonyl (C=O) groups is 1. The van der Waals surface area contributed by atoms with Crippen molar-refractivity contribution in [1.29, 1.82) is 0 Å². The van der Waals surface area contributed by atoms with E-state index in [1.165, 1.54) is 0 Å². The molecule has 2 aromatic carbocycles. The zero-order chi connectivity index (χ0) is 15.1. The van der Waals surface area contributed by atoms with Crippen LogP contribution in [0.4, 0.5) is 4.79 Å². The van der Waals surface area contributed by atoms with Crippen LogP contribution in [0.15, 0.2) is 48.5 Å². The number of rotatable bonds is 6. The summed E-state index contributed by atoms with van der Waals surface area (Å²) < 4.78 is 5.88. The zero-order valence-corrected chi connectivity index (χ0v) is 12.1. The summed E-state index contributed by atoms with van der Waals surface area (Å²) in [6.45, 7) is 3.09. The first kappa shape index (κ1) is 14.9. The Morgan fingerprint density at radius 3 is 2.62 bits per heavy atom. The summed E-state index contributed by atoms with van der Waals surface area (Å²) in [7, 11) is 0. The molecular weight excluding hydrogens is 264 g/mol. The Balaban J connectivity index is 1.96. The molecule has 0 heterocycles. The fourth-order valence-corrected chi connectivity index (χ4v) is 2.02. The fourth-order valence-electron chi connectivity index (χ4n) is 2.02. The molecule has 21 heavy (non-hydrogen) atoms. The molecule has 0 unspecified atom stereocenters. The van der Waals surface area contributed by atoms with Gasteiger partial charge < -0.3 is 15.8 Å². The van der Waals surface area contributed by atoms with Crippen LogP contribution in [0.3, 0.4) is 0 Å². The summed E-state index contributed by atoms with van der Waals surface area (Å²) in [5.74, 6) is 0.871. The highest BCUT2D eigenvalue weighted by atomic mass is 16.5. The molecule has 4 heteroatoms. The monoisotopic (exact) mass is 284 g/mol. The Kier molecular flexibility index (Phi) is 5.21. The van der Waals surface area contributed by atoms with Crippen LogP contribution in [0.1, 0.15) is 16.7 Å². The SMILES string of the molecule is Cc1ccc(CCNC(N)=O)cc1OCc1ccccc1. The van der Waals surface area contributed by atoms with Crippen LogP contribution in [0, 0.1) is 6.92 Å². The second-order valence-corrected chi connectivity index (χ2v) is 4.92. The zero-order valence-electron chi connectivity index (χ0n) is 12.1. The molecule has 0 radical (unpaired) electrons. The van der Waals surface area contributed by atoms with E-state index in [4.69, 9.17) is 10.5 Å². The van der Waals surface area contributed by atoms with Crippen molar-refractivity contribution in [1.82, 2.24) is 5.32 Å². The van der Waals surface area contributed by atoms with Gasteiger partial charge in [-0.3, -0.25) is 0 Å². The molecule has 0 aliphatic carbocycles. The van der Waals surface area contributed by atoms with Crippen LogP contribution >= 0.6 is 0 Å². The second-order valence-electron chi connectivity index (χ2n) is 4.92. The minimum atomic E-state index is -0.498. The van der Waals surface area contributed by atoms with E-state index in [1.807, 2.05) is 55.5 Å². The molecule has 4 nitrogen and oxygen atoms in total. The number of nitrogens with one attached hydrogen (secondary N) is 1. The Morgan fingerprint density at radius 1 is 1.14 bits per heavy atom. The van der Waals surface area contributed by atoms with Gasteiger partial charge in [-0.15, -0.1) is 0 Å². The summed E-state index contributed by atoms with van der Waals surface area (Å²) in [6, 6.07) is 15.6. The highest BCUT2D eigenvalue weighted by Gasteiger charge is 2.03. The molecule has 3 N–H and O–H groups in total. The van der Waals surface area contributed by atoms with Gasteiger partial charge >= 0.3 is 6.03 Å². The summed E-state index contributed by atoms with van der Waals surface area (Å²) in [6.07, 6.45) is 0.727. The van der Waals surface area contributed by atoms with Crippen molar-refractivity contribution >= 4 is 6.03 Å². The van der Waals surface area contributed by atoms with Gasteiger partial charge in [-0.1, -0.05) is 42.5 Å². The van der Waals surface area contributed by atoms with Gasteiger partial charge in [0.05, 0.1) is 0 Å². The number of ether oxygens (including phenoxy) is 1. The first-order chi connectivity index (χ1) is 10.1. The molecule has 0 spiro atoms. The van der Waals surface area contributed by atoms with E-state index in [0.29, 0.717) is 13.2 Å². The molecule has 0 aliphatic heterocycles. The van der Waals surface area contributed by atoms with Gasteiger partial charge in [0.1, 0.15) is 12.4 Å². The Bertz CT molecular complexity index is 597. The predicted octanol–water partition coefficient (Wildman–Crippen LogP) is 2.78. The molecule has 2 amide bonds. The molecule has 0 saturated heterocycles. The van der Waals surface area contributed by atoms with Gasteiger partial charge in [-0.2, -0.15) is 0 Å². The average molecular weight is 284 g/mol. The van der Waals surface area contributed by atoms with E-state index in [2.05, 4.69) is 5.32 Å². The summed E-state index contributed by atoms with van der Waals surface area (Å²) in [5.41, 5.74) is 8.39. The number of urea groups is 1. The Labute approximate surface area is 124 Å². The second kappa shape index (κ2) is 7.33. The van der Waals surface area contributed by atoms with Crippen molar-refractivity contribution in [3.8, 4) is 5.75 Å². The number of carbonyl (C=O) groups excluding carboxylic acids is 1. The Morgan fingerprint density at radius 2 is 1.90 bits per heavy atom. The number of aryl methyl sites for hydroxylation is 1. The molecule has 0 aliphatic rings. The number of hydrogen-bond donors (Lipinski definition) is 2. The van der Waals surface area contributed by atoms with Gasteiger partial charge in [0.15, 0.2) is 0 Å². The fraction of sp³-hybridized carbons (Fsp3) is 0.235. The van der Waals surface area contributed by atoms with Crippen molar-refractivity contribution in [3.63, 3.8) is 0 Å². The summed E-state index contributed by atoms with van der Waals surface area (Å²) in [5, 5.41) is 2.58. The molecule has 0 saturated carbocycles. The minimum Gasteiger partial charge on any atom is -0.489 e. The largest absolute Gasteiger partial charge is 0.489 e. The maximum Gasteiger partial charge on any atom is 0.312 e. The first-order valence-electron chi connectivity index (χ1n) is 6.94. The number of primary amides is 1. The molecular formula is C17H20N2O2. The molecule has 2 aromatic rings. The first-order valence-corrected chi connectivity index (χ1v) is 6.94. The third kappa shape index (κ3) is 4.84. The number of nitrogens with two attached hydrogens (primary N) is 1. The maximum absolute atomic E-state index is 10.7. The van der Waals surface area contributed by atoms with E-state index in [0.717, 1.165) is 28.9 Å². The number of amides is 2. The molecule has 0 aromatic heterocycles.